The highest BCUT2D eigenvalue weighted by Gasteiger charge is 2.20. The number of methoxy groups -OCH3 is 1. The fourth-order valence-electron chi connectivity index (χ4n) is 3.73. The highest BCUT2D eigenvalue weighted by atomic mass is 16.5. The molecule has 0 amide bonds. The van der Waals surface area contributed by atoms with Crippen LogP contribution in [0.15, 0.2) is 58.9 Å². The number of nitrogens with zero attached hydrogens (tertiary/aromatic N) is 3. The molecule has 7 nitrogen and oxygen atoms in total. The third-order valence-electron chi connectivity index (χ3n) is 5.44. The molecule has 1 aliphatic heterocycles. The van der Waals surface area contributed by atoms with Crippen molar-refractivity contribution in [2.24, 2.45) is 0 Å². The Hall–Kier alpha value is -3.16. The summed E-state index contributed by atoms with van der Waals surface area (Å²) in [6, 6.07) is 11.9. The van der Waals surface area contributed by atoms with Crippen molar-refractivity contribution in [3.63, 3.8) is 0 Å². The minimum Gasteiger partial charge on any atom is -0.460 e. The van der Waals surface area contributed by atoms with Crippen molar-refractivity contribution in [1.29, 1.82) is 5.41 Å². The quantitative estimate of drug-likeness (QED) is 0.582. The van der Waals surface area contributed by atoms with Crippen LogP contribution in [0.1, 0.15) is 11.1 Å². The van der Waals surface area contributed by atoms with E-state index in [1.807, 2.05) is 61.3 Å². The van der Waals surface area contributed by atoms with Gasteiger partial charge in [-0.2, -0.15) is 0 Å². The number of aryl methyl sites for hydroxylation is 1. The average molecular weight is 421 g/mol. The molecule has 31 heavy (non-hydrogen) atoms. The number of pyridine rings is 1. The van der Waals surface area contributed by atoms with Crippen molar-refractivity contribution in [3.8, 4) is 0 Å². The molecule has 3 aromatic rings. The van der Waals surface area contributed by atoms with Gasteiger partial charge < -0.3 is 29.1 Å². The summed E-state index contributed by atoms with van der Waals surface area (Å²) in [4.78, 5) is 9.04. The van der Waals surface area contributed by atoms with Crippen LogP contribution in [-0.2, 0) is 9.47 Å². The van der Waals surface area contributed by atoms with Crippen molar-refractivity contribution in [1.82, 2.24) is 4.98 Å². The zero-order chi connectivity index (χ0) is 21.8. The number of fused-ring (bicyclic) bond motifs is 1. The molecule has 4 rings (SSSR count). The lowest BCUT2D eigenvalue weighted by Gasteiger charge is -2.30. The predicted molar refractivity (Wildman–Crippen MR) is 123 cm³/mol. The van der Waals surface area contributed by atoms with E-state index < -0.39 is 0 Å². The number of anilines is 2. The summed E-state index contributed by atoms with van der Waals surface area (Å²) in [5, 5.41) is 8.58. The van der Waals surface area contributed by atoms with Crippen LogP contribution in [0.25, 0.3) is 11.1 Å². The van der Waals surface area contributed by atoms with E-state index in [4.69, 9.17) is 24.3 Å². The van der Waals surface area contributed by atoms with E-state index >= 15 is 0 Å². The van der Waals surface area contributed by atoms with Gasteiger partial charge in [0.25, 0.3) is 0 Å². The number of hydrogen-bond acceptors (Lipinski definition) is 7. The lowest BCUT2D eigenvalue weighted by atomic mass is 10.1. The summed E-state index contributed by atoms with van der Waals surface area (Å²) in [5.74, 6) is 0.774. The number of benzene rings is 1. The monoisotopic (exact) mass is 420 g/mol. The first kappa shape index (κ1) is 21.1. The first-order valence-electron chi connectivity index (χ1n) is 10.4. The van der Waals surface area contributed by atoms with Crippen LogP contribution in [0.2, 0.25) is 0 Å². The molecule has 3 heterocycles. The number of likely N-dealkylation sites (N-methyl/N-ethyl adjacent to an activating group) is 1. The van der Waals surface area contributed by atoms with Gasteiger partial charge in [0.15, 0.2) is 5.58 Å². The molecule has 0 spiro atoms. The second kappa shape index (κ2) is 9.32. The second-order valence-corrected chi connectivity index (χ2v) is 7.64. The molecule has 0 saturated carbocycles. The van der Waals surface area contributed by atoms with Crippen LogP contribution in [0.3, 0.4) is 0 Å². The number of hydrogen-bond donors (Lipinski definition) is 1. The molecular formula is C24H28N4O3. The molecule has 0 atom stereocenters. The summed E-state index contributed by atoms with van der Waals surface area (Å²) in [6.07, 6.45) is 3.51. The lowest BCUT2D eigenvalue weighted by molar-refractivity contribution is 0.122. The lowest BCUT2D eigenvalue weighted by Crippen LogP contribution is -2.36. The van der Waals surface area contributed by atoms with Gasteiger partial charge in [0.05, 0.1) is 37.5 Å². The Kier molecular flexibility index (Phi) is 6.34. The van der Waals surface area contributed by atoms with Crippen molar-refractivity contribution in [2.45, 2.75) is 6.92 Å². The van der Waals surface area contributed by atoms with Gasteiger partial charge in [-0.25, -0.2) is 4.98 Å². The number of morpholine rings is 1. The van der Waals surface area contributed by atoms with Gasteiger partial charge >= 0.3 is 0 Å². The first-order chi connectivity index (χ1) is 15.1. The number of allylic oxidation sites excluding steroid dienone is 1. The highest BCUT2D eigenvalue weighted by molar-refractivity contribution is 6.07. The first-order valence-corrected chi connectivity index (χ1v) is 10.4. The number of furan rings is 1. The molecule has 0 bridgehead atoms. The van der Waals surface area contributed by atoms with Crippen molar-refractivity contribution >= 4 is 28.3 Å². The molecular weight excluding hydrogens is 392 g/mol. The minimum absolute atomic E-state index is 0.364. The Morgan fingerprint density at radius 2 is 2.06 bits per heavy atom. The van der Waals surface area contributed by atoms with E-state index in [1.54, 1.807) is 13.4 Å². The highest BCUT2D eigenvalue weighted by Crippen LogP contribution is 2.32. The van der Waals surface area contributed by atoms with Crippen LogP contribution >= 0.6 is 0 Å². The summed E-state index contributed by atoms with van der Waals surface area (Å²) in [6.45, 7) is 5.39. The summed E-state index contributed by atoms with van der Waals surface area (Å²) >= 11 is 0. The van der Waals surface area contributed by atoms with E-state index in [0.717, 1.165) is 52.5 Å². The zero-order valence-electron chi connectivity index (χ0n) is 18.2. The minimum atomic E-state index is 0.364. The van der Waals surface area contributed by atoms with E-state index in [-0.39, 0.29) is 0 Å². The molecule has 1 aromatic carbocycles. The van der Waals surface area contributed by atoms with Crippen LogP contribution in [0.5, 0.6) is 0 Å². The molecule has 162 valence electrons. The van der Waals surface area contributed by atoms with E-state index in [9.17, 15) is 0 Å². The van der Waals surface area contributed by atoms with Crippen LogP contribution in [0.4, 0.5) is 11.5 Å². The zero-order valence-corrected chi connectivity index (χ0v) is 18.2. The molecule has 1 saturated heterocycles. The molecule has 0 unspecified atom stereocenters. The molecule has 7 heteroatoms. The van der Waals surface area contributed by atoms with Gasteiger partial charge in [-0.15, -0.1) is 0 Å². The topological polar surface area (TPSA) is 74.8 Å². The fourth-order valence-corrected chi connectivity index (χ4v) is 3.73. The summed E-state index contributed by atoms with van der Waals surface area (Å²) < 4.78 is 16.7. The Labute approximate surface area is 182 Å². The van der Waals surface area contributed by atoms with Crippen molar-refractivity contribution in [3.05, 3.63) is 65.6 Å². The molecule has 0 radical (unpaired) electrons. The standard InChI is InChI=1S/C24H28N4O3/c1-17-5-4-6-18(13-17)20(25)14-19(16-29-3)27(2)23-15-22(28-8-11-30-12-9-28)24-21(26-23)7-10-31-24/h4-7,10,13-15,25H,8-9,11-12,16H2,1-3H3/b19-14-,25-20?. The van der Waals surface area contributed by atoms with Gasteiger partial charge in [-0.1, -0.05) is 23.8 Å². The summed E-state index contributed by atoms with van der Waals surface area (Å²) in [5.41, 5.74) is 5.86. The van der Waals surface area contributed by atoms with Crippen LogP contribution in [-0.4, -0.2) is 57.8 Å². The van der Waals surface area contributed by atoms with Crippen LogP contribution in [0, 0.1) is 12.3 Å². The second-order valence-electron chi connectivity index (χ2n) is 7.64. The average Bonchev–Trinajstić information content (AvgIpc) is 3.27. The van der Waals surface area contributed by atoms with Crippen molar-refractivity contribution < 1.29 is 13.9 Å². The van der Waals surface area contributed by atoms with E-state index in [2.05, 4.69) is 4.90 Å². The molecule has 1 aliphatic rings. The smallest absolute Gasteiger partial charge is 0.175 e. The third kappa shape index (κ3) is 4.62. The van der Waals surface area contributed by atoms with E-state index in [0.29, 0.717) is 25.5 Å². The maximum absolute atomic E-state index is 8.58. The maximum atomic E-state index is 8.58. The van der Waals surface area contributed by atoms with Crippen molar-refractivity contribution in [2.75, 3.05) is 56.9 Å². The SMILES string of the molecule is COC/C(=C/C(=N)c1cccc(C)c1)N(C)c1cc(N2CCOCC2)c2occc2n1. The number of ether oxygens (including phenoxy) is 2. The maximum Gasteiger partial charge on any atom is 0.175 e. The largest absolute Gasteiger partial charge is 0.460 e. The Bertz CT molecular complexity index is 1100. The van der Waals surface area contributed by atoms with Gasteiger partial charge in [0, 0.05) is 45.1 Å². The Morgan fingerprint density at radius 3 is 2.81 bits per heavy atom. The Balaban J connectivity index is 1.70. The number of aromatic nitrogens is 1. The predicted octanol–water partition coefficient (Wildman–Crippen LogP) is 4.01. The third-order valence-corrected chi connectivity index (χ3v) is 5.44. The molecule has 2 aromatic heterocycles. The molecule has 1 N–H and O–H groups in total. The Morgan fingerprint density at radius 1 is 1.26 bits per heavy atom. The fraction of sp³-hybridized carbons (Fsp3) is 0.333. The van der Waals surface area contributed by atoms with Gasteiger partial charge in [-0.05, 0) is 24.6 Å². The van der Waals surface area contributed by atoms with Gasteiger partial charge in [0.1, 0.15) is 11.3 Å². The van der Waals surface area contributed by atoms with Crippen LogP contribution < -0.4 is 9.80 Å². The van der Waals surface area contributed by atoms with E-state index in [1.165, 1.54) is 0 Å². The van der Waals surface area contributed by atoms with Gasteiger partial charge in [0.2, 0.25) is 0 Å². The normalized spacial score (nSPS) is 14.8. The van der Waals surface area contributed by atoms with Gasteiger partial charge in [-0.3, -0.25) is 0 Å². The molecule has 1 fully saturated rings. The number of nitrogens with one attached hydrogen (secondary N) is 1. The molecule has 0 aliphatic carbocycles. The number of rotatable bonds is 7. The summed E-state index contributed by atoms with van der Waals surface area (Å²) in [7, 11) is 3.61.